The summed E-state index contributed by atoms with van der Waals surface area (Å²) in [5, 5.41) is 0. The molecule has 1 fully saturated rings. The maximum atomic E-state index is 14.5. The third kappa shape index (κ3) is 6.84. The Morgan fingerprint density at radius 2 is 1.61 bits per heavy atom. The standard InChI is InChI=1S/C12H26F2O6SSi2/c1-21(15,16)19-11-12(13,14)10(20-23(5,6)7)9(18-11)8-17-22(2,3)4/h9-11H,8H2,1-7H3/t9-,10-,11-/m1/s1. The second-order valence-corrected chi connectivity index (χ2v) is 18.1. The van der Waals surface area contributed by atoms with Gasteiger partial charge in [0.1, 0.15) is 12.2 Å². The number of ether oxygens (including phenoxy) is 1. The highest BCUT2D eigenvalue weighted by Gasteiger charge is 2.62. The van der Waals surface area contributed by atoms with Gasteiger partial charge in [-0.1, -0.05) is 0 Å². The summed E-state index contributed by atoms with van der Waals surface area (Å²) in [6.45, 7) is 11.0. The van der Waals surface area contributed by atoms with Crippen LogP contribution in [0.5, 0.6) is 0 Å². The lowest BCUT2D eigenvalue weighted by Crippen LogP contribution is -2.49. The van der Waals surface area contributed by atoms with E-state index in [1.54, 1.807) is 19.6 Å². The first-order valence-electron chi connectivity index (χ1n) is 7.24. The molecule has 0 N–H and O–H groups in total. The van der Waals surface area contributed by atoms with Crippen molar-refractivity contribution in [3.05, 3.63) is 0 Å². The molecule has 0 radical (unpaired) electrons. The Morgan fingerprint density at radius 3 is 2.00 bits per heavy atom. The summed E-state index contributed by atoms with van der Waals surface area (Å²) < 4.78 is 72.2. The van der Waals surface area contributed by atoms with Crippen molar-refractivity contribution in [3.63, 3.8) is 0 Å². The monoisotopic (exact) mass is 392 g/mol. The lowest BCUT2D eigenvalue weighted by molar-refractivity contribution is -0.181. The van der Waals surface area contributed by atoms with E-state index in [0.29, 0.717) is 6.26 Å². The molecule has 1 heterocycles. The molecular formula is C12H26F2O6SSi2. The van der Waals surface area contributed by atoms with Gasteiger partial charge in [0.15, 0.2) is 16.6 Å². The normalized spacial score (nSPS) is 29.0. The van der Waals surface area contributed by atoms with Gasteiger partial charge in [-0.3, -0.25) is 0 Å². The molecule has 3 atom stereocenters. The molecule has 0 aromatic heterocycles. The van der Waals surface area contributed by atoms with Crippen molar-refractivity contribution in [1.29, 1.82) is 0 Å². The SMILES string of the molecule is C[Si](C)(C)OC[C@H]1O[C@H](OS(C)(=O)=O)C(F)(F)[C@@H]1O[Si](C)(C)C. The number of hydrogen-bond donors (Lipinski definition) is 0. The molecule has 0 amide bonds. The first-order valence-corrected chi connectivity index (χ1v) is 15.9. The van der Waals surface area contributed by atoms with Gasteiger partial charge in [-0.25, -0.2) is 4.18 Å². The summed E-state index contributed by atoms with van der Waals surface area (Å²) in [6, 6.07) is 0. The van der Waals surface area contributed by atoms with Crippen LogP contribution in [0.2, 0.25) is 39.3 Å². The molecule has 1 aliphatic rings. The van der Waals surface area contributed by atoms with E-state index in [0.717, 1.165) is 0 Å². The van der Waals surface area contributed by atoms with E-state index >= 15 is 0 Å². The third-order valence-electron chi connectivity index (χ3n) is 2.75. The first kappa shape index (κ1) is 21.1. The van der Waals surface area contributed by atoms with Crippen molar-refractivity contribution in [3.8, 4) is 0 Å². The average Bonchev–Trinajstić information content (AvgIpc) is 2.45. The molecule has 1 rings (SSSR count). The summed E-state index contributed by atoms with van der Waals surface area (Å²) in [5.74, 6) is -3.59. The lowest BCUT2D eigenvalue weighted by Gasteiger charge is -2.30. The second-order valence-electron chi connectivity index (χ2n) is 7.56. The van der Waals surface area contributed by atoms with Gasteiger partial charge >= 0.3 is 5.92 Å². The predicted octanol–water partition coefficient (Wildman–Crippen LogP) is 2.39. The fraction of sp³-hybridized carbons (Fsp3) is 1.00. The van der Waals surface area contributed by atoms with Crippen molar-refractivity contribution in [1.82, 2.24) is 0 Å². The fourth-order valence-electron chi connectivity index (χ4n) is 1.94. The summed E-state index contributed by atoms with van der Waals surface area (Å²) in [5.41, 5.74) is 0. The van der Waals surface area contributed by atoms with Crippen molar-refractivity contribution in [2.45, 2.75) is 63.7 Å². The molecule has 1 aliphatic heterocycles. The van der Waals surface area contributed by atoms with Gasteiger partial charge in [-0.15, -0.1) is 0 Å². The van der Waals surface area contributed by atoms with Crippen LogP contribution in [0, 0.1) is 0 Å². The molecule has 11 heteroatoms. The predicted molar refractivity (Wildman–Crippen MR) is 87.1 cm³/mol. The van der Waals surface area contributed by atoms with Crippen molar-refractivity contribution < 1.29 is 35.0 Å². The Hall–Kier alpha value is 0.0838. The zero-order valence-electron chi connectivity index (χ0n) is 14.6. The Morgan fingerprint density at radius 1 is 1.09 bits per heavy atom. The number of hydrogen-bond acceptors (Lipinski definition) is 6. The maximum absolute atomic E-state index is 14.5. The lowest BCUT2D eigenvalue weighted by atomic mass is 10.1. The van der Waals surface area contributed by atoms with E-state index in [2.05, 4.69) is 4.18 Å². The van der Waals surface area contributed by atoms with E-state index in [1.807, 2.05) is 19.6 Å². The van der Waals surface area contributed by atoms with Crippen LogP contribution in [-0.2, 0) is 27.9 Å². The quantitative estimate of drug-likeness (QED) is 0.489. The molecule has 138 valence electrons. The number of alkyl halides is 2. The third-order valence-corrected chi connectivity index (χ3v) is 5.27. The zero-order chi connectivity index (χ0) is 18.3. The molecule has 23 heavy (non-hydrogen) atoms. The van der Waals surface area contributed by atoms with Gasteiger partial charge in [0.25, 0.3) is 10.1 Å². The van der Waals surface area contributed by atoms with Crippen LogP contribution in [0.15, 0.2) is 0 Å². The van der Waals surface area contributed by atoms with Crippen LogP contribution in [0.1, 0.15) is 0 Å². The Bertz CT molecular complexity index is 515. The molecule has 0 aromatic rings. The molecular weight excluding hydrogens is 366 g/mol. The molecule has 6 nitrogen and oxygen atoms in total. The average molecular weight is 393 g/mol. The van der Waals surface area contributed by atoms with E-state index in [9.17, 15) is 17.2 Å². The molecule has 0 bridgehead atoms. The van der Waals surface area contributed by atoms with Gasteiger partial charge in [-0.05, 0) is 39.3 Å². The van der Waals surface area contributed by atoms with Gasteiger partial charge in [-0.2, -0.15) is 17.2 Å². The van der Waals surface area contributed by atoms with Crippen LogP contribution in [0.25, 0.3) is 0 Å². The van der Waals surface area contributed by atoms with Crippen LogP contribution >= 0.6 is 0 Å². The van der Waals surface area contributed by atoms with Gasteiger partial charge in [0.2, 0.25) is 6.29 Å². The van der Waals surface area contributed by atoms with Crippen LogP contribution in [0.4, 0.5) is 8.78 Å². The fourth-order valence-corrected chi connectivity index (χ4v) is 4.17. The van der Waals surface area contributed by atoms with Crippen LogP contribution in [0.3, 0.4) is 0 Å². The molecule has 0 aromatic carbocycles. The molecule has 0 aliphatic carbocycles. The van der Waals surface area contributed by atoms with Gasteiger partial charge in [0.05, 0.1) is 12.9 Å². The Kier molecular flexibility index (Phi) is 6.22. The minimum Gasteiger partial charge on any atom is -0.415 e. The maximum Gasteiger partial charge on any atom is 0.325 e. The van der Waals surface area contributed by atoms with Crippen LogP contribution in [-0.4, -0.2) is 62.3 Å². The van der Waals surface area contributed by atoms with Gasteiger partial charge in [0, 0.05) is 0 Å². The van der Waals surface area contributed by atoms with Crippen molar-refractivity contribution >= 4 is 26.8 Å². The highest BCUT2D eigenvalue weighted by molar-refractivity contribution is 7.86. The smallest absolute Gasteiger partial charge is 0.325 e. The second kappa shape index (κ2) is 6.77. The highest BCUT2D eigenvalue weighted by atomic mass is 32.2. The number of halogens is 2. The zero-order valence-corrected chi connectivity index (χ0v) is 17.4. The molecule has 0 saturated carbocycles. The van der Waals surface area contributed by atoms with Crippen molar-refractivity contribution in [2.24, 2.45) is 0 Å². The molecule has 1 saturated heterocycles. The van der Waals surface area contributed by atoms with Crippen LogP contribution < -0.4 is 0 Å². The van der Waals surface area contributed by atoms with E-state index in [-0.39, 0.29) is 6.61 Å². The molecule has 0 spiro atoms. The highest BCUT2D eigenvalue weighted by Crippen LogP contribution is 2.41. The Labute approximate surface area is 138 Å². The van der Waals surface area contributed by atoms with E-state index in [4.69, 9.17) is 13.6 Å². The van der Waals surface area contributed by atoms with Crippen molar-refractivity contribution in [2.75, 3.05) is 12.9 Å². The summed E-state index contributed by atoms with van der Waals surface area (Å²) in [4.78, 5) is 0. The Balaban J connectivity index is 3.01. The van der Waals surface area contributed by atoms with Gasteiger partial charge < -0.3 is 13.6 Å². The topological polar surface area (TPSA) is 71.1 Å². The summed E-state index contributed by atoms with van der Waals surface area (Å²) >= 11 is 0. The largest absolute Gasteiger partial charge is 0.415 e. The minimum atomic E-state index is -4.09. The molecule has 0 unspecified atom stereocenters. The van der Waals surface area contributed by atoms with E-state index in [1.165, 1.54) is 0 Å². The summed E-state index contributed by atoms with van der Waals surface area (Å²) in [6.07, 6.45) is -4.19. The first-order chi connectivity index (χ1) is 10.0. The minimum absolute atomic E-state index is 0.0932. The van der Waals surface area contributed by atoms with E-state index < -0.39 is 51.2 Å². The number of rotatable bonds is 7. The summed E-state index contributed by atoms with van der Waals surface area (Å²) in [7, 11) is -8.38.